The quantitative estimate of drug-likeness (QED) is 0.853. The standard InChI is InChI=1S/C14H21N3O/c1-3-11(2)16-14(18)10-17-9-8-15-12-6-4-5-7-13(12)17/h4-7,11,15H,3,8-10H2,1-2H3,(H,16,18). The van der Waals surface area contributed by atoms with Gasteiger partial charge < -0.3 is 15.5 Å². The highest BCUT2D eigenvalue weighted by atomic mass is 16.2. The van der Waals surface area contributed by atoms with Gasteiger partial charge in [-0.2, -0.15) is 0 Å². The minimum absolute atomic E-state index is 0.0982. The molecule has 0 spiro atoms. The van der Waals surface area contributed by atoms with E-state index >= 15 is 0 Å². The highest BCUT2D eigenvalue weighted by Gasteiger charge is 2.18. The Labute approximate surface area is 108 Å². The van der Waals surface area contributed by atoms with Crippen molar-refractivity contribution in [3.8, 4) is 0 Å². The summed E-state index contributed by atoms with van der Waals surface area (Å²) in [7, 11) is 0. The van der Waals surface area contributed by atoms with Gasteiger partial charge in [0.05, 0.1) is 17.9 Å². The zero-order valence-electron chi connectivity index (χ0n) is 11.1. The van der Waals surface area contributed by atoms with Crippen LogP contribution in [0.5, 0.6) is 0 Å². The highest BCUT2D eigenvalue weighted by Crippen LogP contribution is 2.27. The molecule has 1 unspecified atom stereocenters. The van der Waals surface area contributed by atoms with Gasteiger partial charge in [-0.15, -0.1) is 0 Å². The van der Waals surface area contributed by atoms with E-state index in [1.807, 2.05) is 25.1 Å². The Morgan fingerprint density at radius 3 is 3.06 bits per heavy atom. The van der Waals surface area contributed by atoms with Gasteiger partial charge in [-0.05, 0) is 25.5 Å². The van der Waals surface area contributed by atoms with Gasteiger partial charge in [0.1, 0.15) is 0 Å². The van der Waals surface area contributed by atoms with Gasteiger partial charge in [0.25, 0.3) is 0 Å². The van der Waals surface area contributed by atoms with Gasteiger partial charge >= 0.3 is 0 Å². The number of amides is 1. The summed E-state index contributed by atoms with van der Waals surface area (Å²) >= 11 is 0. The molecule has 1 aliphatic heterocycles. The van der Waals surface area contributed by atoms with Crippen LogP contribution in [0.15, 0.2) is 24.3 Å². The monoisotopic (exact) mass is 247 g/mol. The van der Waals surface area contributed by atoms with Gasteiger partial charge in [-0.25, -0.2) is 0 Å². The fourth-order valence-corrected chi connectivity index (χ4v) is 2.10. The normalized spacial score (nSPS) is 15.6. The Morgan fingerprint density at radius 2 is 2.28 bits per heavy atom. The van der Waals surface area contributed by atoms with Crippen molar-refractivity contribution in [2.45, 2.75) is 26.3 Å². The number of hydrogen-bond acceptors (Lipinski definition) is 3. The van der Waals surface area contributed by atoms with Crippen molar-refractivity contribution in [3.05, 3.63) is 24.3 Å². The predicted octanol–water partition coefficient (Wildman–Crippen LogP) is 1.83. The second kappa shape index (κ2) is 5.76. The lowest BCUT2D eigenvalue weighted by molar-refractivity contribution is -0.120. The minimum atomic E-state index is 0.0982. The van der Waals surface area contributed by atoms with Gasteiger partial charge in [0, 0.05) is 19.1 Å². The fourth-order valence-electron chi connectivity index (χ4n) is 2.10. The Balaban J connectivity index is 2.01. The third-order valence-electron chi connectivity index (χ3n) is 3.30. The van der Waals surface area contributed by atoms with E-state index in [1.54, 1.807) is 0 Å². The lowest BCUT2D eigenvalue weighted by atomic mass is 10.2. The fraction of sp³-hybridized carbons (Fsp3) is 0.500. The van der Waals surface area contributed by atoms with Crippen LogP contribution in [0.1, 0.15) is 20.3 Å². The first-order valence-electron chi connectivity index (χ1n) is 6.58. The van der Waals surface area contributed by atoms with E-state index in [2.05, 4.69) is 28.5 Å². The van der Waals surface area contributed by atoms with Crippen molar-refractivity contribution in [1.82, 2.24) is 5.32 Å². The average Bonchev–Trinajstić information content (AvgIpc) is 2.39. The molecule has 98 valence electrons. The van der Waals surface area contributed by atoms with E-state index in [1.165, 1.54) is 0 Å². The maximum atomic E-state index is 11.9. The summed E-state index contributed by atoms with van der Waals surface area (Å²) in [6.45, 7) is 6.29. The van der Waals surface area contributed by atoms with E-state index in [4.69, 9.17) is 0 Å². The van der Waals surface area contributed by atoms with Crippen molar-refractivity contribution < 1.29 is 4.79 Å². The van der Waals surface area contributed by atoms with E-state index in [-0.39, 0.29) is 11.9 Å². The van der Waals surface area contributed by atoms with Gasteiger partial charge in [0.15, 0.2) is 0 Å². The molecule has 1 aromatic rings. The number of para-hydroxylation sites is 2. The maximum Gasteiger partial charge on any atom is 0.239 e. The van der Waals surface area contributed by atoms with Gasteiger partial charge in [0.2, 0.25) is 5.91 Å². The largest absolute Gasteiger partial charge is 0.382 e. The molecule has 1 heterocycles. The molecule has 1 aliphatic rings. The van der Waals surface area contributed by atoms with Crippen LogP contribution < -0.4 is 15.5 Å². The molecule has 0 saturated heterocycles. The number of carbonyl (C=O) groups is 1. The Morgan fingerprint density at radius 1 is 1.50 bits per heavy atom. The molecule has 0 bridgehead atoms. The molecule has 0 radical (unpaired) electrons. The molecule has 18 heavy (non-hydrogen) atoms. The first-order chi connectivity index (χ1) is 8.70. The van der Waals surface area contributed by atoms with Gasteiger partial charge in [-0.3, -0.25) is 4.79 Å². The summed E-state index contributed by atoms with van der Waals surface area (Å²) in [5, 5.41) is 6.35. The van der Waals surface area contributed by atoms with Crippen LogP contribution in [-0.4, -0.2) is 31.6 Å². The lowest BCUT2D eigenvalue weighted by Crippen LogP contribution is -2.44. The highest BCUT2D eigenvalue weighted by molar-refractivity contribution is 5.84. The zero-order valence-corrected chi connectivity index (χ0v) is 11.1. The zero-order chi connectivity index (χ0) is 13.0. The van der Waals surface area contributed by atoms with Gasteiger partial charge in [-0.1, -0.05) is 19.1 Å². The van der Waals surface area contributed by atoms with E-state index < -0.39 is 0 Å². The van der Waals surface area contributed by atoms with E-state index in [9.17, 15) is 4.79 Å². The number of anilines is 2. The lowest BCUT2D eigenvalue weighted by Gasteiger charge is -2.31. The number of nitrogens with zero attached hydrogens (tertiary/aromatic N) is 1. The van der Waals surface area contributed by atoms with Crippen molar-refractivity contribution >= 4 is 17.3 Å². The number of hydrogen-bond donors (Lipinski definition) is 2. The molecule has 1 amide bonds. The van der Waals surface area contributed by atoms with Crippen molar-refractivity contribution in [2.75, 3.05) is 29.9 Å². The van der Waals surface area contributed by atoms with Crippen LogP contribution in [-0.2, 0) is 4.79 Å². The summed E-state index contributed by atoms with van der Waals surface area (Å²) < 4.78 is 0. The second-order valence-corrected chi connectivity index (χ2v) is 4.74. The summed E-state index contributed by atoms with van der Waals surface area (Å²) in [6, 6.07) is 8.36. The third-order valence-corrected chi connectivity index (χ3v) is 3.30. The molecule has 0 fully saturated rings. The third kappa shape index (κ3) is 2.94. The van der Waals surface area contributed by atoms with Crippen LogP contribution in [0.4, 0.5) is 11.4 Å². The van der Waals surface area contributed by atoms with Crippen LogP contribution in [0, 0.1) is 0 Å². The molecular formula is C14H21N3O. The Bertz CT molecular complexity index is 419. The topological polar surface area (TPSA) is 44.4 Å². The molecule has 2 rings (SSSR count). The number of benzene rings is 1. The molecule has 1 atom stereocenters. The minimum Gasteiger partial charge on any atom is -0.382 e. The smallest absolute Gasteiger partial charge is 0.239 e. The maximum absolute atomic E-state index is 11.9. The van der Waals surface area contributed by atoms with E-state index in [0.717, 1.165) is 30.9 Å². The molecule has 1 aromatic carbocycles. The van der Waals surface area contributed by atoms with Crippen LogP contribution in [0.25, 0.3) is 0 Å². The Kier molecular flexibility index (Phi) is 4.07. The number of rotatable bonds is 4. The molecular weight excluding hydrogens is 226 g/mol. The van der Waals surface area contributed by atoms with E-state index in [0.29, 0.717) is 6.54 Å². The average molecular weight is 247 g/mol. The van der Waals surface area contributed by atoms with Crippen LogP contribution in [0.2, 0.25) is 0 Å². The summed E-state index contributed by atoms with van der Waals surface area (Å²) in [4.78, 5) is 14.0. The molecule has 4 nitrogen and oxygen atoms in total. The van der Waals surface area contributed by atoms with Crippen molar-refractivity contribution in [1.29, 1.82) is 0 Å². The Hall–Kier alpha value is -1.71. The first kappa shape index (κ1) is 12.7. The number of carbonyl (C=O) groups excluding carboxylic acids is 1. The SMILES string of the molecule is CCC(C)NC(=O)CN1CCNc2ccccc21. The molecule has 4 heteroatoms. The summed E-state index contributed by atoms with van der Waals surface area (Å²) in [5.74, 6) is 0.0982. The molecule has 0 aromatic heterocycles. The van der Waals surface area contributed by atoms with Crippen LogP contribution in [0.3, 0.4) is 0 Å². The molecule has 0 saturated carbocycles. The molecule has 2 N–H and O–H groups in total. The van der Waals surface area contributed by atoms with Crippen molar-refractivity contribution in [2.24, 2.45) is 0 Å². The number of nitrogens with one attached hydrogen (secondary N) is 2. The predicted molar refractivity (Wildman–Crippen MR) is 75.0 cm³/mol. The van der Waals surface area contributed by atoms with Crippen LogP contribution >= 0.6 is 0 Å². The second-order valence-electron chi connectivity index (χ2n) is 4.74. The first-order valence-corrected chi connectivity index (χ1v) is 6.58. The van der Waals surface area contributed by atoms with Crippen molar-refractivity contribution in [3.63, 3.8) is 0 Å². The number of fused-ring (bicyclic) bond motifs is 1. The molecule has 0 aliphatic carbocycles. The summed E-state index contributed by atoms with van der Waals surface area (Å²) in [5.41, 5.74) is 2.23. The summed E-state index contributed by atoms with van der Waals surface area (Å²) in [6.07, 6.45) is 0.962.